The lowest BCUT2D eigenvalue weighted by atomic mass is 10.1. The molecule has 0 fully saturated rings. The number of aliphatic hydroxyl groups excluding tert-OH is 1. The van der Waals surface area contributed by atoms with Gasteiger partial charge in [-0.2, -0.15) is 0 Å². The van der Waals surface area contributed by atoms with E-state index in [1.807, 2.05) is 13.8 Å². The molecule has 0 aliphatic carbocycles. The van der Waals surface area contributed by atoms with Gasteiger partial charge in [-0.25, -0.2) is 4.39 Å². The highest BCUT2D eigenvalue weighted by atomic mass is 19.1. The quantitative estimate of drug-likeness (QED) is 0.812. The highest BCUT2D eigenvalue weighted by Crippen LogP contribution is 2.16. The van der Waals surface area contributed by atoms with Crippen molar-refractivity contribution in [1.82, 2.24) is 0 Å². The fourth-order valence-electron chi connectivity index (χ4n) is 1.25. The molecule has 0 aliphatic rings. The van der Waals surface area contributed by atoms with Gasteiger partial charge in [-0.3, -0.25) is 0 Å². The maximum absolute atomic E-state index is 13.2. The van der Waals surface area contributed by atoms with Crippen LogP contribution in [0, 0.1) is 11.7 Å². The number of aliphatic hydroxyl groups is 1. The predicted octanol–water partition coefficient (Wildman–Crippen LogP) is 2.53. The van der Waals surface area contributed by atoms with Crippen molar-refractivity contribution in [3.8, 4) is 0 Å². The molecule has 0 saturated heterocycles. The third-order valence-corrected chi connectivity index (χ3v) is 1.99. The fraction of sp³-hybridized carbons (Fsp3) is 0.500. The molecule has 0 saturated carbocycles. The van der Waals surface area contributed by atoms with Gasteiger partial charge >= 0.3 is 0 Å². The normalized spacial score (nSPS) is 13.1. The summed E-state index contributed by atoms with van der Waals surface area (Å²) in [4.78, 5) is 0. The van der Waals surface area contributed by atoms with E-state index < -0.39 is 11.9 Å². The Hall–Kier alpha value is -0.930. The van der Waals surface area contributed by atoms with Crippen molar-refractivity contribution in [1.29, 1.82) is 0 Å². The molecule has 1 aromatic carbocycles. The lowest BCUT2D eigenvalue weighted by molar-refractivity contribution is 0.0234. The zero-order valence-electron chi connectivity index (χ0n) is 9.11. The number of hydrogen-bond acceptors (Lipinski definition) is 2. The van der Waals surface area contributed by atoms with E-state index in [0.717, 1.165) is 0 Å². The van der Waals surface area contributed by atoms with Crippen LogP contribution in [-0.2, 0) is 4.74 Å². The topological polar surface area (TPSA) is 29.5 Å². The van der Waals surface area contributed by atoms with Gasteiger partial charge in [0.25, 0.3) is 0 Å². The van der Waals surface area contributed by atoms with Crippen LogP contribution in [0.25, 0.3) is 0 Å². The summed E-state index contributed by atoms with van der Waals surface area (Å²) in [5.74, 6) is 0.0240. The Morgan fingerprint density at radius 1 is 1.27 bits per heavy atom. The minimum atomic E-state index is -0.884. The Morgan fingerprint density at radius 3 is 2.53 bits per heavy atom. The molecule has 0 spiro atoms. The number of benzene rings is 1. The molecule has 0 radical (unpaired) electrons. The molecule has 1 N–H and O–H groups in total. The zero-order valence-corrected chi connectivity index (χ0v) is 9.11. The van der Waals surface area contributed by atoms with Crippen LogP contribution < -0.4 is 0 Å². The third-order valence-electron chi connectivity index (χ3n) is 1.99. The summed E-state index contributed by atoms with van der Waals surface area (Å²) in [7, 11) is 0. The monoisotopic (exact) mass is 212 g/mol. The van der Waals surface area contributed by atoms with E-state index in [1.54, 1.807) is 18.2 Å². The molecule has 0 bridgehead atoms. The Bertz CT molecular complexity index is 299. The smallest absolute Gasteiger partial charge is 0.129 e. The molecule has 0 aliphatic heterocycles. The zero-order chi connectivity index (χ0) is 11.3. The Kier molecular flexibility index (Phi) is 4.72. The molecule has 0 heterocycles. The lowest BCUT2D eigenvalue weighted by Gasteiger charge is -2.13. The van der Waals surface area contributed by atoms with Crippen molar-refractivity contribution in [3.05, 3.63) is 35.6 Å². The Labute approximate surface area is 89.7 Å². The van der Waals surface area contributed by atoms with Gasteiger partial charge in [-0.1, -0.05) is 32.0 Å². The van der Waals surface area contributed by atoms with Crippen LogP contribution in [0.3, 0.4) is 0 Å². The summed E-state index contributed by atoms with van der Waals surface area (Å²) in [5.41, 5.74) is 0.293. The van der Waals surface area contributed by atoms with Crippen molar-refractivity contribution in [2.75, 3.05) is 13.2 Å². The minimum Gasteiger partial charge on any atom is -0.386 e. The van der Waals surface area contributed by atoms with E-state index >= 15 is 0 Å². The van der Waals surface area contributed by atoms with Crippen molar-refractivity contribution in [3.63, 3.8) is 0 Å². The average molecular weight is 212 g/mol. The number of hydrogen-bond donors (Lipinski definition) is 1. The lowest BCUT2D eigenvalue weighted by Crippen LogP contribution is -2.11. The van der Waals surface area contributed by atoms with E-state index in [0.29, 0.717) is 18.1 Å². The molecule has 1 atom stereocenters. The molecule has 1 unspecified atom stereocenters. The summed E-state index contributed by atoms with van der Waals surface area (Å²) in [6, 6.07) is 6.20. The molecule has 1 aromatic rings. The van der Waals surface area contributed by atoms with Crippen LogP contribution in [0.4, 0.5) is 4.39 Å². The summed E-state index contributed by atoms with van der Waals surface area (Å²) in [6.07, 6.45) is -0.884. The van der Waals surface area contributed by atoms with E-state index in [2.05, 4.69) is 0 Å². The van der Waals surface area contributed by atoms with Crippen LogP contribution >= 0.6 is 0 Å². The molecular weight excluding hydrogens is 195 g/mol. The predicted molar refractivity (Wildman–Crippen MR) is 57.0 cm³/mol. The second kappa shape index (κ2) is 5.83. The average Bonchev–Trinajstić information content (AvgIpc) is 2.17. The van der Waals surface area contributed by atoms with E-state index in [-0.39, 0.29) is 6.61 Å². The first-order chi connectivity index (χ1) is 7.11. The van der Waals surface area contributed by atoms with Gasteiger partial charge in [0, 0.05) is 12.2 Å². The van der Waals surface area contributed by atoms with Crippen LogP contribution in [0.5, 0.6) is 0 Å². The maximum atomic E-state index is 13.2. The Morgan fingerprint density at radius 2 is 1.93 bits per heavy atom. The van der Waals surface area contributed by atoms with Crippen molar-refractivity contribution < 1.29 is 14.2 Å². The molecule has 15 heavy (non-hydrogen) atoms. The molecule has 3 heteroatoms. The van der Waals surface area contributed by atoms with Gasteiger partial charge in [0.05, 0.1) is 6.61 Å². The van der Waals surface area contributed by atoms with Gasteiger partial charge in [0.2, 0.25) is 0 Å². The largest absolute Gasteiger partial charge is 0.386 e. The number of rotatable bonds is 5. The number of halogens is 1. The van der Waals surface area contributed by atoms with Crippen LogP contribution in [0.15, 0.2) is 24.3 Å². The first kappa shape index (κ1) is 12.1. The minimum absolute atomic E-state index is 0.138. The van der Waals surface area contributed by atoms with Gasteiger partial charge in [0.1, 0.15) is 11.9 Å². The summed E-state index contributed by atoms with van der Waals surface area (Å²) in [5, 5.41) is 9.65. The SMILES string of the molecule is CC(C)COCC(O)c1ccccc1F. The standard InChI is InChI=1S/C12H17FO2/c1-9(2)7-15-8-12(14)10-5-3-4-6-11(10)13/h3-6,9,12,14H,7-8H2,1-2H3. The molecule has 1 rings (SSSR count). The van der Waals surface area contributed by atoms with Crippen LogP contribution in [-0.4, -0.2) is 18.3 Å². The van der Waals surface area contributed by atoms with Gasteiger partial charge in [0.15, 0.2) is 0 Å². The molecule has 2 nitrogen and oxygen atoms in total. The summed E-state index contributed by atoms with van der Waals surface area (Å²) in [6.45, 7) is 4.76. The summed E-state index contributed by atoms with van der Waals surface area (Å²) >= 11 is 0. The highest BCUT2D eigenvalue weighted by Gasteiger charge is 2.12. The molecular formula is C12H17FO2. The summed E-state index contributed by atoms with van der Waals surface area (Å²) < 4.78 is 18.5. The second-order valence-corrected chi connectivity index (χ2v) is 3.97. The molecule has 0 amide bonds. The van der Waals surface area contributed by atoms with Crippen molar-refractivity contribution in [2.45, 2.75) is 20.0 Å². The fourth-order valence-corrected chi connectivity index (χ4v) is 1.25. The first-order valence-corrected chi connectivity index (χ1v) is 5.11. The highest BCUT2D eigenvalue weighted by molar-refractivity contribution is 5.19. The first-order valence-electron chi connectivity index (χ1n) is 5.11. The van der Waals surface area contributed by atoms with E-state index in [4.69, 9.17) is 4.74 Å². The van der Waals surface area contributed by atoms with Crippen LogP contribution in [0.2, 0.25) is 0 Å². The number of ether oxygens (including phenoxy) is 1. The second-order valence-electron chi connectivity index (χ2n) is 3.97. The maximum Gasteiger partial charge on any atom is 0.129 e. The van der Waals surface area contributed by atoms with Gasteiger partial charge in [-0.05, 0) is 12.0 Å². The van der Waals surface area contributed by atoms with Crippen molar-refractivity contribution >= 4 is 0 Å². The third kappa shape index (κ3) is 3.98. The van der Waals surface area contributed by atoms with E-state index in [9.17, 15) is 9.50 Å². The van der Waals surface area contributed by atoms with Crippen LogP contribution in [0.1, 0.15) is 25.5 Å². The van der Waals surface area contributed by atoms with Crippen molar-refractivity contribution in [2.24, 2.45) is 5.92 Å². The van der Waals surface area contributed by atoms with Gasteiger partial charge in [-0.15, -0.1) is 0 Å². The molecule has 0 aromatic heterocycles. The van der Waals surface area contributed by atoms with E-state index in [1.165, 1.54) is 6.07 Å². The van der Waals surface area contributed by atoms with Gasteiger partial charge < -0.3 is 9.84 Å². The Balaban J connectivity index is 2.47. The molecule has 84 valence electrons.